The summed E-state index contributed by atoms with van der Waals surface area (Å²) in [6, 6.07) is 7.13. The molecule has 2 fully saturated rings. The molecule has 29 heavy (non-hydrogen) atoms. The normalized spacial score (nSPS) is 36.8. The molecule has 0 N–H and O–H groups in total. The molecule has 0 heteroatoms. The molecule has 0 aliphatic heterocycles. The minimum atomic E-state index is 0.600. The molecular formula is C29H46. The third-order valence-electron chi connectivity index (χ3n) is 10.5. The summed E-state index contributed by atoms with van der Waals surface area (Å²) in [7, 11) is 0. The highest BCUT2D eigenvalue weighted by atomic mass is 14.6. The Morgan fingerprint density at radius 2 is 1.76 bits per heavy atom. The van der Waals surface area contributed by atoms with Crippen molar-refractivity contribution in [2.24, 2.45) is 46.8 Å². The van der Waals surface area contributed by atoms with E-state index in [1.807, 2.05) is 0 Å². The molecule has 1 aromatic rings. The van der Waals surface area contributed by atoms with Crippen LogP contribution in [0.3, 0.4) is 0 Å². The van der Waals surface area contributed by atoms with Crippen molar-refractivity contribution < 1.29 is 0 Å². The number of aryl methyl sites for hydroxylation is 1. The standard InChI is InChI=1S/C29H46/c1-18(2)22(6)20(4)17-21(5)27-13-14-28-26-12-11-23-19(3)9-8-10-24(23)25(26)15-16-29(27,28)7/h8-10,18,20-22,25-28H,11-17H2,1-7H3/t20-,21-,22-,25-,26-,27-,28+,29-/m1/s1. The molecule has 0 radical (unpaired) electrons. The number of hydrogen-bond donors (Lipinski definition) is 0. The van der Waals surface area contributed by atoms with Crippen molar-refractivity contribution in [3.63, 3.8) is 0 Å². The minimum Gasteiger partial charge on any atom is -0.0625 e. The quantitative estimate of drug-likeness (QED) is 0.470. The number of hydrogen-bond acceptors (Lipinski definition) is 0. The molecule has 0 aromatic heterocycles. The number of rotatable bonds is 5. The Morgan fingerprint density at radius 1 is 1.00 bits per heavy atom. The van der Waals surface area contributed by atoms with E-state index in [1.165, 1.54) is 44.9 Å². The lowest BCUT2D eigenvalue weighted by Gasteiger charge is -2.52. The highest BCUT2D eigenvalue weighted by molar-refractivity contribution is 5.40. The third-order valence-corrected chi connectivity index (χ3v) is 10.5. The summed E-state index contributed by atoms with van der Waals surface area (Å²) in [6.07, 6.45) is 10.1. The first-order valence-corrected chi connectivity index (χ1v) is 12.8. The van der Waals surface area contributed by atoms with E-state index in [-0.39, 0.29) is 0 Å². The van der Waals surface area contributed by atoms with Crippen LogP contribution in [-0.4, -0.2) is 0 Å². The van der Waals surface area contributed by atoms with E-state index in [0.717, 1.165) is 47.3 Å². The fourth-order valence-corrected chi connectivity index (χ4v) is 8.40. The smallest absolute Gasteiger partial charge is 0.0128 e. The Bertz CT molecular complexity index is 715. The SMILES string of the molecule is Cc1cccc2c1CC[C@@H]1[C@@H]2CC[C@]2(C)[C@@H]([C@H](C)C[C@@H](C)[C@H](C)C(C)C)CC[C@@H]12. The summed E-state index contributed by atoms with van der Waals surface area (Å²) in [5, 5.41) is 0. The van der Waals surface area contributed by atoms with Gasteiger partial charge in [-0.15, -0.1) is 0 Å². The van der Waals surface area contributed by atoms with Gasteiger partial charge in [-0.1, -0.05) is 59.7 Å². The van der Waals surface area contributed by atoms with Gasteiger partial charge in [0, 0.05) is 0 Å². The monoisotopic (exact) mass is 394 g/mol. The van der Waals surface area contributed by atoms with Crippen LogP contribution >= 0.6 is 0 Å². The highest BCUT2D eigenvalue weighted by Crippen LogP contribution is 2.64. The van der Waals surface area contributed by atoms with Crippen LogP contribution in [0, 0.1) is 53.8 Å². The first-order valence-electron chi connectivity index (χ1n) is 12.8. The second-order valence-electron chi connectivity index (χ2n) is 12.1. The lowest BCUT2D eigenvalue weighted by molar-refractivity contribution is 0.00608. The van der Waals surface area contributed by atoms with Crippen LogP contribution < -0.4 is 0 Å². The van der Waals surface area contributed by atoms with Crippen molar-refractivity contribution in [1.82, 2.24) is 0 Å². The topological polar surface area (TPSA) is 0 Å². The third kappa shape index (κ3) is 3.61. The molecule has 0 amide bonds. The van der Waals surface area contributed by atoms with Gasteiger partial charge in [-0.2, -0.15) is 0 Å². The van der Waals surface area contributed by atoms with Gasteiger partial charge < -0.3 is 0 Å². The Kier molecular flexibility index (Phi) is 5.95. The fraction of sp³-hybridized carbons (Fsp3) is 0.793. The molecule has 0 unspecified atom stereocenters. The van der Waals surface area contributed by atoms with Crippen molar-refractivity contribution in [2.45, 2.75) is 99.3 Å². The molecule has 1 aromatic carbocycles. The molecule has 0 heterocycles. The summed E-state index contributed by atoms with van der Waals surface area (Å²) >= 11 is 0. The van der Waals surface area contributed by atoms with E-state index in [0.29, 0.717) is 5.41 Å². The number of benzene rings is 1. The summed E-state index contributed by atoms with van der Waals surface area (Å²) in [5.41, 5.74) is 5.58. The van der Waals surface area contributed by atoms with Crippen LogP contribution in [0.4, 0.5) is 0 Å². The predicted molar refractivity (Wildman–Crippen MR) is 126 cm³/mol. The summed E-state index contributed by atoms with van der Waals surface area (Å²) < 4.78 is 0. The van der Waals surface area contributed by atoms with Crippen LogP contribution in [-0.2, 0) is 6.42 Å². The highest BCUT2D eigenvalue weighted by Gasteiger charge is 2.55. The van der Waals surface area contributed by atoms with Crippen molar-refractivity contribution in [3.05, 3.63) is 34.9 Å². The van der Waals surface area contributed by atoms with Crippen LogP contribution in [0.2, 0.25) is 0 Å². The van der Waals surface area contributed by atoms with E-state index in [1.54, 1.807) is 16.7 Å². The Labute approximate surface area is 181 Å². The zero-order chi connectivity index (χ0) is 20.9. The molecule has 162 valence electrons. The molecule has 0 saturated heterocycles. The summed E-state index contributed by atoms with van der Waals surface area (Å²) in [6.45, 7) is 17.5. The largest absolute Gasteiger partial charge is 0.0625 e. The molecule has 0 spiro atoms. The molecule has 3 aliphatic rings. The van der Waals surface area contributed by atoms with E-state index in [9.17, 15) is 0 Å². The fourth-order valence-electron chi connectivity index (χ4n) is 8.40. The molecule has 0 nitrogen and oxygen atoms in total. The Balaban J connectivity index is 1.51. The van der Waals surface area contributed by atoms with Gasteiger partial charge in [-0.3, -0.25) is 0 Å². The average molecular weight is 395 g/mol. The Hall–Kier alpha value is -0.780. The Morgan fingerprint density at radius 3 is 2.48 bits per heavy atom. The van der Waals surface area contributed by atoms with Crippen molar-refractivity contribution >= 4 is 0 Å². The van der Waals surface area contributed by atoms with Gasteiger partial charge in [0.2, 0.25) is 0 Å². The molecule has 8 atom stereocenters. The maximum atomic E-state index is 2.71. The maximum Gasteiger partial charge on any atom is -0.0128 e. The van der Waals surface area contributed by atoms with Gasteiger partial charge in [0.05, 0.1) is 0 Å². The van der Waals surface area contributed by atoms with Gasteiger partial charge in [-0.25, -0.2) is 0 Å². The molecule has 2 saturated carbocycles. The van der Waals surface area contributed by atoms with Gasteiger partial charge in [0.1, 0.15) is 0 Å². The predicted octanol–water partition coefficient (Wildman–Crippen LogP) is 8.42. The lowest BCUT2D eigenvalue weighted by Crippen LogP contribution is -2.43. The summed E-state index contributed by atoms with van der Waals surface area (Å²) in [5.74, 6) is 7.12. The molecular weight excluding hydrogens is 348 g/mol. The molecule has 4 rings (SSSR count). The van der Waals surface area contributed by atoms with Crippen molar-refractivity contribution in [2.75, 3.05) is 0 Å². The first-order chi connectivity index (χ1) is 13.7. The second kappa shape index (κ2) is 8.05. The second-order valence-corrected chi connectivity index (χ2v) is 12.1. The zero-order valence-electron chi connectivity index (χ0n) is 20.3. The average Bonchev–Trinajstić information content (AvgIpc) is 3.04. The van der Waals surface area contributed by atoms with E-state index in [2.05, 4.69) is 66.7 Å². The van der Waals surface area contributed by atoms with Crippen LogP contribution in [0.1, 0.15) is 103 Å². The number of fused-ring (bicyclic) bond motifs is 5. The van der Waals surface area contributed by atoms with E-state index in [4.69, 9.17) is 0 Å². The van der Waals surface area contributed by atoms with Crippen LogP contribution in [0.25, 0.3) is 0 Å². The lowest BCUT2D eigenvalue weighted by atomic mass is 9.52. The van der Waals surface area contributed by atoms with Crippen LogP contribution in [0.5, 0.6) is 0 Å². The molecule has 0 bridgehead atoms. The van der Waals surface area contributed by atoms with Gasteiger partial charge in [-0.05, 0) is 121 Å². The van der Waals surface area contributed by atoms with E-state index < -0.39 is 0 Å². The molecule has 3 aliphatic carbocycles. The van der Waals surface area contributed by atoms with Crippen molar-refractivity contribution in [1.29, 1.82) is 0 Å². The minimum absolute atomic E-state index is 0.600. The summed E-state index contributed by atoms with van der Waals surface area (Å²) in [4.78, 5) is 0. The van der Waals surface area contributed by atoms with Crippen LogP contribution in [0.15, 0.2) is 18.2 Å². The zero-order valence-corrected chi connectivity index (χ0v) is 20.3. The van der Waals surface area contributed by atoms with Gasteiger partial charge >= 0.3 is 0 Å². The maximum absolute atomic E-state index is 2.71. The van der Waals surface area contributed by atoms with E-state index >= 15 is 0 Å². The first kappa shape index (κ1) is 21.5. The van der Waals surface area contributed by atoms with Gasteiger partial charge in [0.15, 0.2) is 0 Å². The van der Waals surface area contributed by atoms with Crippen molar-refractivity contribution in [3.8, 4) is 0 Å². The van der Waals surface area contributed by atoms with Gasteiger partial charge in [0.25, 0.3) is 0 Å².